The molecule has 2 nitrogen and oxygen atoms in total. The molecule has 0 aromatic rings. The molecule has 3 N–H and O–H groups in total. The van der Waals surface area contributed by atoms with Crippen molar-refractivity contribution in [2.75, 3.05) is 19.6 Å². The molecule has 0 aromatic heterocycles. The van der Waals surface area contributed by atoms with E-state index in [2.05, 4.69) is 26.1 Å². The minimum absolute atomic E-state index is 0.379. The minimum atomic E-state index is 0.379. The lowest BCUT2D eigenvalue weighted by Crippen LogP contribution is -2.43. The second-order valence-corrected chi connectivity index (χ2v) is 6.43. The molecule has 0 saturated heterocycles. The van der Waals surface area contributed by atoms with Crippen LogP contribution >= 0.6 is 0 Å². The van der Waals surface area contributed by atoms with Crippen LogP contribution in [0.5, 0.6) is 0 Å². The molecule has 1 saturated carbocycles. The summed E-state index contributed by atoms with van der Waals surface area (Å²) in [7, 11) is 0. The fourth-order valence-corrected chi connectivity index (χ4v) is 2.46. The summed E-state index contributed by atoms with van der Waals surface area (Å²) in [6, 6.07) is 0. The first-order valence-electron chi connectivity index (χ1n) is 6.38. The lowest BCUT2D eigenvalue weighted by molar-refractivity contribution is 0.184. The third-order valence-electron chi connectivity index (χ3n) is 3.50. The summed E-state index contributed by atoms with van der Waals surface area (Å²) in [5, 5.41) is 3.61. The molecule has 1 fully saturated rings. The average molecular weight is 212 g/mol. The van der Waals surface area contributed by atoms with Gasteiger partial charge in [-0.15, -0.1) is 0 Å². The first-order valence-corrected chi connectivity index (χ1v) is 6.38. The number of nitrogens with one attached hydrogen (secondary N) is 1. The summed E-state index contributed by atoms with van der Waals surface area (Å²) >= 11 is 0. The molecule has 0 amide bonds. The van der Waals surface area contributed by atoms with Gasteiger partial charge in [0.05, 0.1) is 0 Å². The van der Waals surface area contributed by atoms with Crippen LogP contribution in [-0.2, 0) is 0 Å². The van der Waals surface area contributed by atoms with Crippen LogP contribution in [0, 0.1) is 10.8 Å². The Kier molecular flexibility index (Phi) is 4.60. The second-order valence-electron chi connectivity index (χ2n) is 6.43. The van der Waals surface area contributed by atoms with Gasteiger partial charge in [-0.3, -0.25) is 0 Å². The number of hydrogen-bond acceptors (Lipinski definition) is 2. The molecule has 2 heteroatoms. The second kappa shape index (κ2) is 5.31. The maximum atomic E-state index is 5.95. The monoisotopic (exact) mass is 212 g/mol. The topological polar surface area (TPSA) is 38.0 Å². The van der Waals surface area contributed by atoms with Crippen LogP contribution < -0.4 is 11.1 Å². The quantitative estimate of drug-likeness (QED) is 0.751. The van der Waals surface area contributed by atoms with Gasteiger partial charge in [-0.2, -0.15) is 0 Å². The third kappa shape index (κ3) is 4.52. The smallest absolute Gasteiger partial charge is 0.00201 e. The number of nitrogens with two attached hydrogens (primary N) is 1. The van der Waals surface area contributed by atoms with Gasteiger partial charge < -0.3 is 11.1 Å². The van der Waals surface area contributed by atoms with E-state index in [1.54, 1.807) is 0 Å². The van der Waals surface area contributed by atoms with Crippen LogP contribution in [-0.4, -0.2) is 19.6 Å². The van der Waals surface area contributed by atoms with E-state index in [-0.39, 0.29) is 0 Å². The van der Waals surface area contributed by atoms with Gasteiger partial charge in [0, 0.05) is 13.1 Å². The SMILES string of the molecule is CC(C)(C)CNCC1(CN)CCCCC1. The molecule has 15 heavy (non-hydrogen) atoms. The first kappa shape index (κ1) is 13.0. The lowest BCUT2D eigenvalue weighted by atomic mass is 9.74. The van der Waals surface area contributed by atoms with Crippen LogP contribution in [0.3, 0.4) is 0 Å². The predicted octanol–water partition coefficient (Wildman–Crippen LogP) is 2.53. The molecule has 1 rings (SSSR count). The summed E-state index contributed by atoms with van der Waals surface area (Å²) in [6.07, 6.45) is 6.78. The largest absolute Gasteiger partial charge is 0.330 e. The molecule has 0 atom stereocenters. The highest BCUT2D eigenvalue weighted by atomic mass is 14.9. The summed E-state index contributed by atoms with van der Waals surface area (Å²) in [5.41, 5.74) is 6.73. The van der Waals surface area contributed by atoms with Crippen LogP contribution in [0.4, 0.5) is 0 Å². The fourth-order valence-electron chi connectivity index (χ4n) is 2.46. The normalized spacial score (nSPS) is 21.6. The highest BCUT2D eigenvalue weighted by Crippen LogP contribution is 2.34. The van der Waals surface area contributed by atoms with Crippen molar-refractivity contribution in [2.45, 2.75) is 52.9 Å². The van der Waals surface area contributed by atoms with Gasteiger partial charge in [-0.25, -0.2) is 0 Å². The molecule has 90 valence electrons. The highest BCUT2D eigenvalue weighted by molar-refractivity contribution is 4.86. The van der Waals surface area contributed by atoms with Crippen LogP contribution in [0.25, 0.3) is 0 Å². The number of rotatable bonds is 4. The highest BCUT2D eigenvalue weighted by Gasteiger charge is 2.30. The molecule has 1 aliphatic rings. The molecule has 0 heterocycles. The molecule has 0 aromatic carbocycles. The predicted molar refractivity (Wildman–Crippen MR) is 66.9 cm³/mol. The van der Waals surface area contributed by atoms with Gasteiger partial charge in [0.15, 0.2) is 0 Å². The van der Waals surface area contributed by atoms with Crippen LogP contribution in [0.2, 0.25) is 0 Å². The minimum Gasteiger partial charge on any atom is -0.330 e. The Bertz CT molecular complexity index is 175. The van der Waals surface area contributed by atoms with Crippen molar-refractivity contribution in [1.29, 1.82) is 0 Å². The standard InChI is InChI=1S/C13H28N2/c1-12(2,3)10-15-11-13(9-14)7-5-4-6-8-13/h15H,4-11,14H2,1-3H3. The van der Waals surface area contributed by atoms with E-state index in [9.17, 15) is 0 Å². The van der Waals surface area contributed by atoms with Gasteiger partial charge in [0.1, 0.15) is 0 Å². The molecule has 0 spiro atoms. The molecule has 0 radical (unpaired) electrons. The van der Waals surface area contributed by atoms with E-state index in [4.69, 9.17) is 5.73 Å². The van der Waals surface area contributed by atoms with Gasteiger partial charge in [-0.05, 0) is 30.2 Å². The van der Waals surface area contributed by atoms with Gasteiger partial charge >= 0.3 is 0 Å². The Labute approximate surface area is 95.0 Å². The summed E-state index contributed by atoms with van der Waals surface area (Å²) in [4.78, 5) is 0. The van der Waals surface area contributed by atoms with Crippen molar-refractivity contribution in [2.24, 2.45) is 16.6 Å². The van der Waals surface area contributed by atoms with Gasteiger partial charge in [0.2, 0.25) is 0 Å². The van der Waals surface area contributed by atoms with E-state index >= 15 is 0 Å². The van der Waals surface area contributed by atoms with Crippen LogP contribution in [0.15, 0.2) is 0 Å². The lowest BCUT2D eigenvalue weighted by Gasteiger charge is -2.37. The summed E-state index contributed by atoms with van der Waals surface area (Å²) in [5.74, 6) is 0. The molecule has 0 bridgehead atoms. The molecule has 0 unspecified atom stereocenters. The average Bonchev–Trinajstić information content (AvgIpc) is 2.17. The maximum Gasteiger partial charge on any atom is 0.00201 e. The fraction of sp³-hybridized carbons (Fsp3) is 1.00. The van der Waals surface area contributed by atoms with Crippen molar-refractivity contribution in [3.63, 3.8) is 0 Å². The molecular weight excluding hydrogens is 184 g/mol. The van der Waals surface area contributed by atoms with Crippen molar-refractivity contribution in [3.05, 3.63) is 0 Å². The van der Waals surface area contributed by atoms with E-state index in [1.807, 2.05) is 0 Å². The van der Waals surface area contributed by atoms with E-state index in [1.165, 1.54) is 32.1 Å². The Morgan fingerprint density at radius 1 is 1.13 bits per heavy atom. The van der Waals surface area contributed by atoms with Crippen molar-refractivity contribution in [1.82, 2.24) is 5.32 Å². The molecule has 1 aliphatic carbocycles. The van der Waals surface area contributed by atoms with E-state index in [0.717, 1.165) is 19.6 Å². The Balaban J connectivity index is 2.33. The summed E-state index contributed by atoms with van der Waals surface area (Å²) in [6.45, 7) is 9.88. The third-order valence-corrected chi connectivity index (χ3v) is 3.50. The Morgan fingerprint density at radius 2 is 1.73 bits per heavy atom. The van der Waals surface area contributed by atoms with Gasteiger partial charge in [0.25, 0.3) is 0 Å². The van der Waals surface area contributed by atoms with E-state index < -0.39 is 0 Å². The molecule has 0 aliphatic heterocycles. The first-order chi connectivity index (χ1) is 6.97. The Hall–Kier alpha value is -0.0800. The van der Waals surface area contributed by atoms with Crippen molar-refractivity contribution >= 4 is 0 Å². The Morgan fingerprint density at radius 3 is 2.20 bits per heavy atom. The molecular formula is C13H28N2. The van der Waals surface area contributed by atoms with E-state index in [0.29, 0.717) is 10.8 Å². The zero-order valence-corrected chi connectivity index (χ0v) is 10.7. The van der Waals surface area contributed by atoms with Crippen molar-refractivity contribution in [3.8, 4) is 0 Å². The van der Waals surface area contributed by atoms with Crippen LogP contribution in [0.1, 0.15) is 52.9 Å². The van der Waals surface area contributed by atoms with Crippen molar-refractivity contribution < 1.29 is 0 Å². The maximum absolute atomic E-state index is 5.95. The zero-order chi connectivity index (χ0) is 11.4. The number of hydrogen-bond donors (Lipinski definition) is 2. The zero-order valence-electron chi connectivity index (χ0n) is 10.7. The summed E-state index contributed by atoms with van der Waals surface area (Å²) < 4.78 is 0. The van der Waals surface area contributed by atoms with Gasteiger partial charge in [-0.1, -0.05) is 40.0 Å².